The topological polar surface area (TPSA) is 76.7 Å². The first-order chi connectivity index (χ1) is 10.0. The number of hydrogen-bond acceptors (Lipinski definition) is 5. The Balaban J connectivity index is 2.20. The molecule has 0 radical (unpaired) electrons. The molecule has 1 atom stereocenters. The number of hydrogen-bond donors (Lipinski definition) is 2. The lowest BCUT2D eigenvalue weighted by molar-refractivity contribution is 0.144. The molecule has 0 bridgehead atoms. The first kappa shape index (κ1) is 16.5. The fourth-order valence-corrected chi connectivity index (χ4v) is 3.76. The van der Waals surface area contributed by atoms with Gasteiger partial charge in [0.25, 0.3) is 0 Å². The van der Waals surface area contributed by atoms with Crippen LogP contribution in [0.2, 0.25) is 5.02 Å². The smallest absolute Gasteiger partial charge is 0.244 e. The quantitative estimate of drug-likeness (QED) is 0.728. The minimum absolute atomic E-state index is 0.0537. The maximum absolute atomic E-state index is 12.5. The molecule has 0 unspecified atom stereocenters. The number of benzene rings is 1. The first-order valence-electron chi connectivity index (χ1n) is 6.67. The maximum atomic E-state index is 12.5. The van der Waals surface area contributed by atoms with E-state index in [1.807, 2.05) is 0 Å². The molecule has 2 N–H and O–H groups in total. The normalized spacial score (nSPS) is 18.9. The van der Waals surface area contributed by atoms with E-state index in [1.54, 1.807) is 19.2 Å². The number of nitrogens with one attached hydrogen (secondary N) is 2. The van der Waals surface area contributed by atoms with E-state index in [4.69, 9.17) is 21.1 Å². The summed E-state index contributed by atoms with van der Waals surface area (Å²) in [5.41, 5.74) is 0. The summed E-state index contributed by atoms with van der Waals surface area (Å²) in [5, 5.41) is 3.46. The number of methoxy groups -OCH3 is 1. The summed E-state index contributed by atoms with van der Waals surface area (Å²) in [7, 11) is -2.12. The molecule has 2 rings (SSSR count). The average Bonchev–Trinajstić information content (AvgIpc) is 2.92. The summed E-state index contributed by atoms with van der Waals surface area (Å²) in [5.74, 6) is 0.273. The highest BCUT2D eigenvalue weighted by Gasteiger charge is 2.25. The van der Waals surface area contributed by atoms with Crippen LogP contribution in [0.1, 0.15) is 6.42 Å². The second kappa shape index (κ2) is 7.42. The van der Waals surface area contributed by atoms with E-state index in [0.29, 0.717) is 18.2 Å². The van der Waals surface area contributed by atoms with E-state index >= 15 is 0 Å². The Morgan fingerprint density at radius 2 is 2.24 bits per heavy atom. The van der Waals surface area contributed by atoms with Gasteiger partial charge in [0.1, 0.15) is 17.3 Å². The SMILES string of the molecule is COCCOc1ccc(Cl)cc1S(=O)(=O)N[C@@H]1CCNC1. The van der Waals surface area contributed by atoms with Crippen LogP contribution in [0.25, 0.3) is 0 Å². The van der Waals surface area contributed by atoms with Crippen molar-refractivity contribution in [3.8, 4) is 5.75 Å². The molecule has 118 valence electrons. The molecular formula is C13H19ClN2O4S. The number of halogens is 1. The Labute approximate surface area is 129 Å². The van der Waals surface area contributed by atoms with Crippen LogP contribution in [0, 0.1) is 0 Å². The van der Waals surface area contributed by atoms with Crippen LogP contribution < -0.4 is 14.8 Å². The molecule has 1 heterocycles. The predicted molar refractivity (Wildman–Crippen MR) is 80.4 cm³/mol. The van der Waals surface area contributed by atoms with E-state index in [0.717, 1.165) is 13.0 Å². The van der Waals surface area contributed by atoms with Crippen molar-refractivity contribution >= 4 is 21.6 Å². The molecule has 1 aliphatic rings. The third kappa shape index (κ3) is 4.55. The van der Waals surface area contributed by atoms with Crippen LogP contribution in [0.5, 0.6) is 5.75 Å². The number of sulfonamides is 1. The van der Waals surface area contributed by atoms with E-state index in [-0.39, 0.29) is 23.3 Å². The Kier molecular flexibility index (Phi) is 5.83. The highest BCUT2D eigenvalue weighted by Crippen LogP contribution is 2.27. The summed E-state index contributed by atoms with van der Waals surface area (Å²) in [4.78, 5) is 0.0537. The van der Waals surface area contributed by atoms with Crippen molar-refractivity contribution in [2.24, 2.45) is 0 Å². The van der Waals surface area contributed by atoms with Crippen molar-refractivity contribution in [1.29, 1.82) is 0 Å². The highest BCUT2D eigenvalue weighted by molar-refractivity contribution is 7.89. The van der Waals surface area contributed by atoms with E-state index in [1.165, 1.54) is 6.07 Å². The Morgan fingerprint density at radius 1 is 1.43 bits per heavy atom. The van der Waals surface area contributed by atoms with Crippen LogP contribution >= 0.6 is 11.6 Å². The van der Waals surface area contributed by atoms with Crippen molar-refractivity contribution < 1.29 is 17.9 Å². The molecule has 8 heteroatoms. The summed E-state index contributed by atoms with van der Waals surface area (Å²) in [6.45, 7) is 2.08. The molecule has 1 saturated heterocycles. The van der Waals surface area contributed by atoms with Gasteiger partial charge in [0.2, 0.25) is 10.0 Å². The molecule has 0 amide bonds. The second-order valence-corrected chi connectivity index (χ2v) is 6.86. The van der Waals surface area contributed by atoms with Crippen molar-refractivity contribution in [2.45, 2.75) is 17.4 Å². The molecule has 0 aromatic heterocycles. The fourth-order valence-electron chi connectivity index (χ4n) is 2.08. The van der Waals surface area contributed by atoms with Gasteiger partial charge in [-0.1, -0.05) is 11.6 Å². The molecule has 6 nitrogen and oxygen atoms in total. The first-order valence-corrected chi connectivity index (χ1v) is 8.53. The molecule has 0 aliphatic carbocycles. The van der Waals surface area contributed by atoms with Crippen molar-refractivity contribution in [3.63, 3.8) is 0 Å². The lowest BCUT2D eigenvalue weighted by Gasteiger charge is -2.15. The molecule has 0 spiro atoms. The molecule has 1 fully saturated rings. The van der Waals surface area contributed by atoms with Crippen LogP contribution in [0.15, 0.2) is 23.1 Å². The van der Waals surface area contributed by atoms with Gasteiger partial charge in [-0.25, -0.2) is 13.1 Å². The van der Waals surface area contributed by atoms with Gasteiger partial charge in [-0.2, -0.15) is 0 Å². The van der Waals surface area contributed by atoms with Gasteiger partial charge in [0, 0.05) is 24.7 Å². The van der Waals surface area contributed by atoms with Crippen molar-refractivity contribution in [1.82, 2.24) is 10.0 Å². The fraction of sp³-hybridized carbons (Fsp3) is 0.538. The number of rotatable bonds is 7. The van der Waals surface area contributed by atoms with Crippen LogP contribution in [-0.2, 0) is 14.8 Å². The zero-order valence-corrected chi connectivity index (χ0v) is 13.3. The second-order valence-electron chi connectivity index (χ2n) is 4.74. The van der Waals surface area contributed by atoms with Crippen LogP contribution in [0.4, 0.5) is 0 Å². The lowest BCUT2D eigenvalue weighted by Crippen LogP contribution is -2.36. The molecule has 0 saturated carbocycles. The molecule has 1 aromatic carbocycles. The van der Waals surface area contributed by atoms with E-state index in [2.05, 4.69) is 10.0 Å². The van der Waals surface area contributed by atoms with E-state index in [9.17, 15) is 8.42 Å². The summed E-state index contributed by atoms with van der Waals surface area (Å²) in [6.07, 6.45) is 0.764. The Morgan fingerprint density at radius 3 is 2.90 bits per heavy atom. The standard InChI is InChI=1S/C13H19ClN2O4S/c1-19-6-7-20-12-3-2-10(14)8-13(12)21(17,18)16-11-4-5-15-9-11/h2-3,8,11,15-16H,4-7,9H2,1H3/t11-/m1/s1. The summed E-state index contributed by atoms with van der Waals surface area (Å²) < 4.78 is 38.0. The highest BCUT2D eigenvalue weighted by atomic mass is 35.5. The van der Waals surface area contributed by atoms with Crippen LogP contribution in [-0.4, -0.2) is 47.9 Å². The van der Waals surface area contributed by atoms with Crippen molar-refractivity contribution in [2.75, 3.05) is 33.4 Å². The van der Waals surface area contributed by atoms with Crippen molar-refractivity contribution in [3.05, 3.63) is 23.2 Å². The van der Waals surface area contributed by atoms with Gasteiger partial charge in [-0.3, -0.25) is 0 Å². The molecular weight excluding hydrogens is 316 g/mol. The zero-order chi connectivity index (χ0) is 15.3. The maximum Gasteiger partial charge on any atom is 0.244 e. The predicted octanol–water partition coefficient (Wildman–Crippen LogP) is 1.01. The average molecular weight is 335 g/mol. The lowest BCUT2D eigenvalue weighted by atomic mass is 10.3. The monoisotopic (exact) mass is 334 g/mol. The molecule has 1 aromatic rings. The third-order valence-corrected chi connectivity index (χ3v) is 4.90. The zero-order valence-electron chi connectivity index (χ0n) is 11.8. The minimum atomic E-state index is -3.67. The van der Waals surface area contributed by atoms with Gasteiger partial charge in [0.05, 0.1) is 6.61 Å². The van der Waals surface area contributed by atoms with Gasteiger partial charge in [-0.05, 0) is 31.2 Å². The minimum Gasteiger partial charge on any atom is -0.490 e. The summed E-state index contributed by atoms with van der Waals surface area (Å²) >= 11 is 5.92. The van der Waals surface area contributed by atoms with Gasteiger partial charge in [-0.15, -0.1) is 0 Å². The molecule has 21 heavy (non-hydrogen) atoms. The Bertz CT molecular complexity index is 574. The molecule has 1 aliphatic heterocycles. The van der Waals surface area contributed by atoms with E-state index < -0.39 is 10.0 Å². The van der Waals surface area contributed by atoms with Gasteiger partial charge in [0.15, 0.2) is 0 Å². The number of ether oxygens (including phenoxy) is 2. The van der Waals surface area contributed by atoms with Gasteiger partial charge >= 0.3 is 0 Å². The van der Waals surface area contributed by atoms with Gasteiger partial charge < -0.3 is 14.8 Å². The van der Waals surface area contributed by atoms with Crippen LogP contribution in [0.3, 0.4) is 0 Å². The Hall–Kier alpha value is -0.860. The largest absolute Gasteiger partial charge is 0.490 e. The third-order valence-electron chi connectivity index (χ3n) is 3.12. The summed E-state index contributed by atoms with van der Waals surface area (Å²) in [6, 6.07) is 4.44.